The normalized spacial score (nSPS) is 16.0. The molecule has 1 aliphatic carbocycles. The highest BCUT2D eigenvalue weighted by molar-refractivity contribution is 6.02. The summed E-state index contributed by atoms with van der Waals surface area (Å²) in [5.74, 6) is -0.723. The fourth-order valence-electron chi connectivity index (χ4n) is 5.67. The first-order valence-electron chi connectivity index (χ1n) is 14.5. The fraction of sp³-hybridized carbons (Fsp3) is 0.531. The molecular weight excluding hydrogens is 565 g/mol. The highest BCUT2D eigenvalue weighted by Crippen LogP contribution is 2.42. The molecule has 0 bridgehead atoms. The summed E-state index contributed by atoms with van der Waals surface area (Å²) in [5, 5.41) is 0. The van der Waals surface area contributed by atoms with Crippen molar-refractivity contribution in [1.29, 1.82) is 0 Å². The third-order valence-electron chi connectivity index (χ3n) is 7.86. The average molecular weight is 605 g/mol. The first-order valence-corrected chi connectivity index (χ1v) is 14.5. The number of fused-ring (bicyclic) bond motifs is 1. The highest BCUT2D eigenvalue weighted by Gasteiger charge is 2.38. The number of likely N-dealkylation sites (N-methyl/N-ethyl adjacent to an activating group) is 1. The maximum atomic E-state index is 13.9. The lowest BCUT2D eigenvalue weighted by atomic mass is 9.91. The lowest BCUT2D eigenvalue weighted by molar-refractivity contribution is -0.144. The lowest BCUT2D eigenvalue weighted by Crippen LogP contribution is -2.51. The number of amides is 2. The molecule has 2 aromatic rings. The predicted molar refractivity (Wildman–Crippen MR) is 154 cm³/mol. The number of benzene rings is 2. The molecule has 2 amide bonds. The Balaban J connectivity index is 1.48. The molecule has 0 N–H and O–H groups in total. The van der Waals surface area contributed by atoms with Gasteiger partial charge < -0.3 is 19.1 Å². The van der Waals surface area contributed by atoms with E-state index in [1.54, 1.807) is 51.1 Å². The largest absolute Gasteiger partial charge is 0.489 e. The van der Waals surface area contributed by atoms with Gasteiger partial charge in [0.2, 0.25) is 0 Å². The Hall–Kier alpha value is -3.76. The van der Waals surface area contributed by atoms with Crippen LogP contribution in [0, 0.1) is 0 Å². The van der Waals surface area contributed by atoms with Gasteiger partial charge in [0, 0.05) is 19.3 Å². The molecule has 1 heterocycles. The molecule has 43 heavy (non-hydrogen) atoms. The summed E-state index contributed by atoms with van der Waals surface area (Å²) in [4.78, 5) is 41.1. The molecule has 0 saturated heterocycles. The third-order valence-corrected chi connectivity index (χ3v) is 7.86. The zero-order chi connectivity index (χ0) is 31.5. The van der Waals surface area contributed by atoms with Crippen molar-refractivity contribution in [2.24, 2.45) is 0 Å². The van der Waals surface area contributed by atoms with E-state index in [0.29, 0.717) is 35.5 Å². The van der Waals surface area contributed by atoms with Gasteiger partial charge in [0.15, 0.2) is 0 Å². The number of carbonyl (C=O) groups excluding carboxylic acids is 3. The summed E-state index contributed by atoms with van der Waals surface area (Å²) in [7, 11) is 2.61. The Morgan fingerprint density at radius 3 is 2.37 bits per heavy atom. The van der Waals surface area contributed by atoms with Gasteiger partial charge in [-0.3, -0.25) is 14.5 Å². The second kappa shape index (κ2) is 12.9. The smallest absolute Gasteiger partial charge is 0.416 e. The Kier molecular flexibility index (Phi) is 9.61. The fourth-order valence-corrected chi connectivity index (χ4v) is 5.67. The summed E-state index contributed by atoms with van der Waals surface area (Å²) in [6.07, 6.45) is -1.61. The van der Waals surface area contributed by atoms with Crippen LogP contribution in [-0.2, 0) is 38.3 Å². The molecule has 4 rings (SSSR count). The van der Waals surface area contributed by atoms with Crippen LogP contribution in [-0.4, -0.2) is 55.2 Å². The highest BCUT2D eigenvalue weighted by atomic mass is 19.4. The van der Waals surface area contributed by atoms with E-state index in [-0.39, 0.29) is 18.9 Å². The maximum Gasteiger partial charge on any atom is 0.416 e. The van der Waals surface area contributed by atoms with E-state index < -0.39 is 41.4 Å². The number of hydrogen-bond acceptors (Lipinski definition) is 6. The number of halogens is 3. The van der Waals surface area contributed by atoms with Crippen LogP contribution in [0.2, 0.25) is 0 Å². The molecule has 234 valence electrons. The zero-order valence-electron chi connectivity index (χ0n) is 25.3. The number of esters is 1. The van der Waals surface area contributed by atoms with Gasteiger partial charge in [-0.25, -0.2) is 4.79 Å². The first kappa shape index (κ1) is 32.2. The standard InChI is InChI=1S/C32H39F3N2O6/c1-31(2,3)43-30(40)36(4)27(18-28(38)41-5)29(39)37-15-14-22-17-23(11-13-26(22)37)42-19-20-10-12-24(21-8-6-7-9-21)25(16-20)32(33,34)35/h10-13,16-17,21,27H,6-9,14-15,18-19H2,1-5H3. The summed E-state index contributed by atoms with van der Waals surface area (Å²) in [5.41, 5.74) is 0.787. The predicted octanol–water partition coefficient (Wildman–Crippen LogP) is 6.63. The zero-order valence-corrected chi connectivity index (χ0v) is 25.3. The molecular formula is C32H39F3N2O6. The second-order valence-corrected chi connectivity index (χ2v) is 12.1. The molecule has 8 nitrogen and oxygen atoms in total. The maximum absolute atomic E-state index is 13.9. The summed E-state index contributed by atoms with van der Waals surface area (Å²) in [6.45, 7) is 5.37. The number of alkyl halides is 3. The average Bonchev–Trinajstić information content (AvgIpc) is 3.63. The van der Waals surface area contributed by atoms with Gasteiger partial charge in [0.25, 0.3) is 5.91 Å². The van der Waals surface area contributed by atoms with Crippen molar-refractivity contribution in [2.75, 3.05) is 25.6 Å². The first-order chi connectivity index (χ1) is 20.2. The summed E-state index contributed by atoms with van der Waals surface area (Å²) < 4.78 is 57.7. The minimum atomic E-state index is -4.44. The molecule has 2 aliphatic rings. The van der Waals surface area contributed by atoms with Crippen LogP contribution in [0.5, 0.6) is 5.75 Å². The molecule has 11 heteroatoms. The Labute approximate surface area is 250 Å². The van der Waals surface area contributed by atoms with Crippen LogP contribution >= 0.6 is 0 Å². The van der Waals surface area contributed by atoms with Gasteiger partial charge in [0.05, 0.1) is 19.1 Å². The molecule has 1 unspecified atom stereocenters. The Bertz CT molecular complexity index is 1350. The van der Waals surface area contributed by atoms with Crippen LogP contribution in [0.15, 0.2) is 36.4 Å². The minimum absolute atomic E-state index is 0.0443. The third kappa shape index (κ3) is 7.80. The van der Waals surface area contributed by atoms with Gasteiger partial charge in [0.1, 0.15) is 24.0 Å². The van der Waals surface area contributed by atoms with Crippen LogP contribution in [0.4, 0.5) is 23.7 Å². The molecule has 1 fully saturated rings. The number of methoxy groups -OCH3 is 1. The van der Waals surface area contributed by atoms with Crippen molar-refractivity contribution in [3.05, 3.63) is 58.7 Å². The minimum Gasteiger partial charge on any atom is -0.489 e. The number of rotatable bonds is 8. The van der Waals surface area contributed by atoms with Crippen LogP contribution in [0.25, 0.3) is 0 Å². The van der Waals surface area contributed by atoms with Crippen LogP contribution < -0.4 is 9.64 Å². The van der Waals surface area contributed by atoms with E-state index in [0.717, 1.165) is 36.1 Å². The SMILES string of the molecule is COC(=O)CC(C(=O)N1CCc2cc(OCc3ccc(C4CCCC4)c(C(F)(F)F)c3)ccc21)N(C)C(=O)OC(C)(C)C. The van der Waals surface area contributed by atoms with Crippen LogP contribution in [0.1, 0.15) is 81.0 Å². The number of nitrogens with zero attached hydrogens (tertiary/aromatic N) is 2. The number of hydrogen-bond donors (Lipinski definition) is 0. The molecule has 1 aliphatic heterocycles. The molecule has 0 radical (unpaired) electrons. The van der Waals surface area contributed by atoms with Crippen molar-refractivity contribution in [3.63, 3.8) is 0 Å². The van der Waals surface area contributed by atoms with Gasteiger partial charge in [-0.2, -0.15) is 13.2 Å². The number of ether oxygens (including phenoxy) is 3. The molecule has 0 spiro atoms. The van der Waals surface area contributed by atoms with Crippen molar-refractivity contribution in [1.82, 2.24) is 4.90 Å². The summed E-state index contributed by atoms with van der Waals surface area (Å²) in [6, 6.07) is 8.41. The summed E-state index contributed by atoms with van der Waals surface area (Å²) >= 11 is 0. The van der Waals surface area contributed by atoms with Crippen molar-refractivity contribution >= 4 is 23.7 Å². The van der Waals surface area contributed by atoms with Crippen molar-refractivity contribution in [2.45, 2.75) is 89.6 Å². The Morgan fingerprint density at radius 1 is 1.05 bits per heavy atom. The number of anilines is 1. The van der Waals surface area contributed by atoms with E-state index in [2.05, 4.69) is 0 Å². The topological polar surface area (TPSA) is 85.4 Å². The van der Waals surface area contributed by atoms with Gasteiger partial charge >= 0.3 is 18.2 Å². The molecule has 0 aromatic heterocycles. The Morgan fingerprint density at radius 2 is 1.74 bits per heavy atom. The van der Waals surface area contributed by atoms with E-state index >= 15 is 0 Å². The van der Waals surface area contributed by atoms with Crippen molar-refractivity contribution < 1.29 is 41.8 Å². The van der Waals surface area contributed by atoms with E-state index in [9.17, 15) is 27.6 Å². The van der Waals surface area contributed by atoms with Gasteiger partial charge in [-0.1, -0.05) is 25.0 Å². The second-order valence-electron chi connectivity index (χ2n) is 12.1. The van der Waals surface area contributed by atoms with E-state index in [1.807, 2.05) is 0 Å². The quantitative estimate of drug-likeness (QED) is 0.315. The molecule has 2 aromatic carbocycles. The number of carbonyl (C=O) groups is 3. The van der Waals surface area contributed by atoms with Gasteiger partial charge in [-0.15, -0.1) is 0 Å². The lowest BCUT2D eigenvalue weighted by Gasteiger charge is -2.32. The van der Waals surface area contributed by atoms with E-state index in [4.69, 9.17) is 14.2 Å². The van der Waals surface area contributed by atoms with Crippen LogP contribution in [0.3, 0.4) is 0 Å². The van der Waals surface area contributed by atoms with Crippen molar-refractivity contribution in [3.8, 4) is 5.75 Å². The monoisotopic (exact) mass is 604 g/mol. The molecule has 1 atom stereocenters. The van der Waals surface area contributed by atoms with E-state index in [1.165, 1.54) is 25.1 Å². The molecule has 1 saturated carbocycles. The van der Waals surface area contributed by atoms with Gasteiger partial charge in [-0.05, 0) is 86.9 Å².